The molecule has 0 spiro atoms. The first-order valence-corrected chi connectivity index (χ1v) is 5.26. The normalized spacial score (nSPS) is 12.5. The second-order valence-corrected chi connectivity index (χ2v) is 3.73. The Balaban J connectivity index is 2.83. The molecule has 1 unspecified atom stereocenters. The lowest BCUT2D eigenvalue weighted by molar-refractivity contribution is 0.368. The minimum absolute atomic E-state index is 0.254. The maximum absolute atomic E-state index is 9.90. The van der Waals surface area contributed by atoms with E-state index in [9.17, 15) is 5.11 Å². The molecular weight excluding hydrogens is 190 g/mol. The van der Waals surface area contributed by atoms with Gasteiger partial charge in [0.15, 0.2) is 11.5 Å². The summed E-state index contributed by atoms with van der Waals surface area (Å²) in [5.41, 5.74) is 6.39. The molecule has 1 atom stereocenters. The van der Waals surface area contributed by atoms with Crippen LogP contribution in [0.5, 0.6) is 11.5 Å². The van der Waals surface area contributed by atoms with Gasteiger partial charge in [-0.15, -0.1) is 0 Å². The predicted molar refractivity (Wildman–Crippen MR) is 61.4 cm³/mol. The minimum Gasteiger partial charge on any atom is -0.504 e. The molecule has 0 aliphatic rings. The third kappa shape index (κ3) is 2.86. The number of benzene rings is 1. The highest BCUT2D eigenvalue weighted by atomic mass is 16.5. The number of hydrogen-bond donors (Lipinski definition) is 2. The van der Waals surface area contributed by atoms with Gasteiger partial charge in [-0.25, -0.2) is 0 Å². The van der Waals surface area contributed by atoms with Gasteiger partial charge in [-0.3, -0.25) is 0 Å². The summed E-state index contributed by atoms with van der Waals surface area (Å²) in [6.07, 6.45) is 1.95. The number of phenolic OH excluding ortho intramolecular Hbond substituents is 1. The molecule has 0 radical (unpaired) electrons. The van der Waals surface area contributed by atoms with Gasteiger partial charge in [0.1, 0.15) is 0 Å². The molecule has 0 aliphatic carbocycles. The van der Waals surface area contributed by atoms with Crippen molar-refractivity contribution < 1.29 is 9.84 Å². The van der Waals surface area contributed by atoms with E-state index in [0.29, 0.717) is 18.2 Å². The minimum atomic E-state index is 0.254. The summed E-state index contributed by atoms with van der Waals surface area (Å²) in [6, 6.07) is 5.58. The second-order valence-electron chi connectivity index (χ2n) is 3.73. The number of rotatable bonds is 5. The van der Waals surface area contributed by atoms with Gasteiger partial charge in [-0.05, 0) is 31.4 Å². The number of para-hydroxylation sites is 1. The maximum Gasteiger partial charge on any atom is 0.161 e. The van der Waals surface area contributed by atoms with Crippen LogP contribution in [0.2, 0.25) is 0 Å². The summed E-state index contributed by atoms with van der Waals surface area (Å²) in [6.45, 7) is 2.78. The van der Waals surface area contributed by atoms with Crippen LogP contribution in [-0.4, -0.2) is 18.8 Å². The van der Waals surface area contributed by atoms with E-state index in [2.05, 4.69) is 6.92 Å². The van der Waals surface area contributed by atoms with Gasteiger partial charge < -0.3 is 15.6 Å². The van der Waals surface area contributed by atoms with Gasteiger partial charge in [0.05, 0.1) is 7.11 Å². The molecule has 15 heavy (non-hydrogen) atoms. The van der Waals surface area contributed by atoms with Crippen LogP contribution >= 0.6 is 0 Å². The maximum atomic E-state index is 9.90. The zero-order chi connectivity index (χ0) is 11.3. The topological polar surface area (TPSA) is 55.5 Å². The fraction of sp³-hybridized carbons (Fsp3) is 0.500. The Morgan fingerprint density at radius 2 is 2.20 bits per heavy atom. The van der Waals surface area contributed by atoms with Crippen LogP contribution < -0.4 is 10.5 Å². The van der Waals surface area contributed by atoms with Crippen molar-refractivity contribution in [3.05, 3.63) is 23.8 Å². The number of nitrogens with two attached hydrogens (primary N) is 1. The molecule has 0 saturated heterocycles. The van der Waals surface area contributed by atoms with Crippen molar-refractivity contribution in [1.82, 2.24) is 0 Å². The molecule has 0 aliphatic heterocycles. The predicted octanol–water partition coefficient (Wildman–Crippen LogP) is 2.24. The number of hydrogen-bond acceptors (Lipinski definition) is 3. The summed E-state index contributed by atoms with van der Waals surface area (Å²) in [5, 5.41) is 9.90. The van der Waals surface area contributed by atoms with Crippen molar-refractivity contribution >= 4 is 0 Å². The highest BCUT2D eigenvalue weighted by Crippen LogP contribution is 2.35. The van der Waals surface area contributed by atoms with Crippen LogP contribution in [0.3, 0.4) is 0 Å². The lowest BCUT2D eigenvalue weighted by atomic mass is 9.95. The number of aromatic hydroxyl groups is 1. The molecule has 3 N–H and O–H groups in total. The van der Waals surface area contributed by atoms with E-state index < -0.39 is 0 Å². The molecule has 3 heteroatoms. The van der Waals surface area contributed by atoms with Crippen molar-refractivity contribution in [3.63, 3.8) is 0 Å². The van der Waals surface area contributed by atoms with E-state index in [-0.39, 0.29) is 5.75 Å². The van der Waals surface area contributed by atoms with E-state index in [1.807, 2.05) is 12.1 Å². The molecule has 1 aromatic rings. The zero-order valence-electron chi connectivity index (χ0n) is 9.36. The molecule has 0 saturated carbocycles. The van der Waals surface area contributed by atoms with E-state index >= 15 is 0 Å². The van der Waals surface area contributed by atoms with E-state index in [1.54, 1.807) is 13.2 Å². The molecule has 0 heterocycles. The summed E-state index contributed by atoms with van der Waals surface area (Å²) in [5.74, 6) is 1.10. The Hall–Kier alpha value is -1.22. The van der Waals surface area contributed by atoms with Crippen molar-refractivity contribution in [3.8, 4) is 11.5 Å². The zero-order valence-corrected chi connectivity index (χ0v) is 9.36. The first kappa shape index (κ1) is 11.9. The van der Waals surface area contributed by atoms with Crippen LogP contribution in [0.4, 0.5) is 0 Å². The van der Waals surface area contributed by atoms with Crippen molar-refractivity contribution in [2.75, 3.05) is 13.7 Å². The van der Waals surface area contributed by atoms with Crippen LogP contribution in [0.1, 0.15) is 31.2 Å². The quantitative estimate of drug-likeness (QED) is 0.782. The molecule has 0 aromatic heterocycles. The van der Waals surface area contributed by atoms with Gasteiger partial charge in [-0.2, -0.15) is 0 Å². The summed E-state index contributed by atoms with van der Waals surface area (Å²) < 4.78 is 5.07. The largest absolute Gasteiger partial charge is 0.504 e. The van der Waals surface area contributed by atoms with Crippen LogP contribution in [0.15, 0.2) is 18.2 Å². The van der Waals surface area contributed by atoms with Crippen molar-refractivity contribution in [2.24, 2.45) is 5.73 Å². The molecular formula is C12H19NO2. The summed E-state index contributed by atoms with van der Waals surface area (Å²) in [4.78, 5) is 0. The van der Waals surface area contributed by atoms with Gasteiger partial charge in [0.25, 0.3) is 0 Å². The smallest absolute Gasteiger partial charge is 0.161 e. The Morgan fingerprint density at radius 1 is 1.47 bits per heavy atom. The Bertz CT molecular complexity index is 312. The van der Waals surface area contributed by atoms with E-state index in [1.165, 1.54) is 0 Å². The van der Waals surface area contributed by atoms with Crippen molar-refractivity contribution in [1.29, 1.82) is 0 Å². The number of phenols is 1. The highest BCUT2D eigenvalue weighted by molar-refractivity contribution is 5.46. The van der Waals surface area contributed by atoms with E-state index in [0.717, 1.165) is 18.4 Å². The first-order chi connectivity index (χ1) is 7.20. The SMILES string of the molecule is COc1cccc(C(C)CCCN)c1O. The Labute approximate surface area is 90.9 Å². The lowest BCUT2D eigenvalue weighted by Crippen LogP contribution is -2.02. The Morgan fingerprint density at radius 3 is 2.80 bits per heavy atom. The second kappa shape index (κ2) is 5.61. The van der Waals surface area contributed by atoms with Gasteiger partial charge in [-0.1, -0.05) is 19.1 Å². The van der Waals surface area contributed by atoms with Crippen LogP contribution in [-0.2, 0) is 0 Å². The van der Waals surface area contributed by atoms with Crippen molar-refractivity contribution in [2.45, 2.75) is 25.7 Å². The molecule has 3 nitrogen and oxygen atoms in total. The molecule has 84 valence electrons. The first-order valence-electron chi connectivity index (χ1n) is 5.26. The van der Waals surface area contributed by atoms with Crippen LogP contribution in [0.25, 0.3) is 0 Å². The van der Waals surface area contributed by atoms with Crippen LogP contribution in [0, 0.1) is 0 Å². The lowest BCUT2D eigenvalue weighted by Gasteiger charge is -2.14. The van der Waals surface area contributed by atoms with Gasteiger partial charge >= 0.3 is 0 Å². The Kier molecular flexibility index (Phi) is 4.43. The van der Waals surface area contributed by atoms with Gasteiger partial charge in [0, 0.05) is 5.56 Å². The fourth-order valence-corrected chi connectivity index (χ4v) is 1.68. The molecule has 1 aromatic carbocycles. The molecule has 0 fully saturated rings. The third-order valence-corrected chi connectivity index (χ3v) is 2.62. The highest BCUT2D eigenvalue weighted by Gasteiger charge is 2.13. The third-order valence-electron chi connectivity index (χ3n) is 2.62. The monoisotopic (exact) mass is 209 g/mol. The molecule has 0 bridgehead atoms. The summed E-state index contributed by atoms with van der Waals surface area (Å²) in [7, 11) is 1.56. The van der Waals surface area contributed by atoms with Gasteiger partial charge in [0.2, 0.25) is 0 Å². The summed E-state index contributed by atoms with van der Waals surface area (Å²) >= 11 is 0. The molecule has 0 amide bonds. The molecule has 1 rings (SSSR count). The number of ether oxygens (including phenoxy) is 1. The average molecular weight is 209 g/mol. The van der Waals surface area contributed by atoms with E-state index in [4.69, 9.17) is 10.5 Å². The average Bonchev–Trinajstić information content (AvgIpc) is 2.26. The standard InChI is InChI=1S/C12H19NO2/c1-9(5-4-8-13)10-6-3-7-11(15-2)12(10)14/h3,6-7,9,14H,4-5,8,13H2,1-2H3. The fourth-order valence-electron chi connectivity index (χ4n) is 1.68. The number of methoxy groups -OCH3 is 1.